The first-order valence-corrected chi connectivity index (χ1v) is 7.48. The first kappa shape index (κ1) is 15.9. The van der Waals surface area contributed by atoms with Gasteiger partial charge in [0.2, 0.25) is 0 Å². The highest BCUT2D eigenvalue weighted by molar-refractivity contribution is 4.73. The van der Waals surface area contributed by atoms with Gasteiger partial charge in [-0.3, -0.25) is 4.90 Å². The Morgan fingerprint density at radius 2 is 1.78 bits per heavy atom. The van der Waals surface area contributed by atoms with Gasteiger partial charge < -0.3 is 15.4 Å². The molecule has 0 saturated carbocycles. The van der Waals surface area contributed by atoms with Crippen LogP contribution in [-0.2, 0) is 4.74 Å². The molecule has 1 fully saturated rings. The Bertz CT molecular complexity index is 193. The van der Waals surface area contributed by atoms with Crippen LogP contribution in [0.2, 0.25) is 0 Å². The zero-order valence-corrected chi connectivity index (χ0v) is 12.2. The van der Waals surface area contributed by atoms with Crippen molar-refractivity contribution in [3.05, 3.63) is 0 Å². The SMILES string of the molecule is CCCCOCCN1CCN(CC(C)CN)CC1. The summed E-state index contributed by atoms with van der Waals surface area (Å²) in [5.74, 6) is 0.619. The van der Waals surface area contributed by atoms with E-state index >= 15 is 0 Å². The van der Waals surface area contributed by atoms with Gasteiger partial charge in [-0.05, 0) is 18.9 Å². The lowest BCUT2D eigenvalue weighted by Crippen LogP contribution is -2.48. The summed E-state index contributed by atoms with van der Waals surface area (Å²) in [7, 11) is 0. The Labute approximate surface area is 112 Å². The second-order valence-electron chi connectivity index (χ2n) is 5.45. The number of hydrogen-bond donors (Lipinski definition) is 1. The quantitative estimate of drug-likeness (QED) is 0.626. The van der Waals surface area contributed by atoms with Crippen LogP contribution in [0.15, 0.2) is 0 Å². The van der Waals surface area contributed by atoms with Gasteiger partial charge in [0.05, 0.1) is 6.61 Å². The molecule has 0 radical (unpaired) electrons. The summed E-state index contributed by atoms with van der Waals surface area (Å²) in [6.45, 7) is 14.0. The van der Waals surface area contributed by atoms with Crippen LogP contribution in [0, 0.1) is 5.92 Å². The number of rotatable bonds is 9. The lowest BCUT2D eigenvalue weighted by atomic mass is 10.1. The summed E-state index contributed by atoms with van der Waals surface area (Å²) in [6.07, 6.45) is 2.41. The molecule has 0 spiro atoms. The van der Waals surface area contributed by atoms with Gasteiger partial charge in [0.15, 0.2) is 0 Å². The molecule has 4 heteroatoms. The third kappa shape index (κ3) is 6.69. The number of piperazine rings is 1. The van der Waals surface area contributed by atoms with Crippen LogP contribution in [0.3, 0.4) is 0 Å². The van der Waals surface area contributed by atoms with Gasteiger partial charge >= 0.3 is 0 Å². The molecular formula is C14H31N3O. The topological polar surface area (TPSA) is 41.7 Å². The number of hydrogen-bond acceptors (Lipinski definition) is 4. The predicted molar refractivity (Wildman–Crippen MR) is 76.8 cm³/mol. The third-order valence-corrected chi connectivity index (χ3v) is 3.63. The van der Waals surface area contributed by atoms with Crippen LogP contribution in [0.5, 0.6) is 0 Å². The summed E-state index contributed by atoms with van der Waals surface area (Å²) in [5, 5.41) is 0. The van der Waals surface area contributed by atoms with E-state index < -0.39 is 0 Å². The molecular weight excluding hydrogens is 226 g/mol. The zero-order valence-electron chi connectivity index (χ0n) is 12.2. The molecule has 0 aromatic carbocycles. The lowest BCUT2D eigenvalue weighted by Gasteiger charge is -2.35. The molecule has 1 saturated heterocycles. The van der Waals surface area contributed by atoms with Crippen molar-refractivity contribution in [1.29, 1.82) is 0 Å². The van der Waals surface area contributed by atoms with Crippen LogP contribution >= 0.6 is 0 Å². The minimum absolute atomic E-state index is 0.619. The van der Waals surface area contributed by atoms with E-state index in [4.69, 9.17) is 10.5 Å². The number of nitrogens with two attached hydrogens (primary N) is 1. The Morgan fingerprint density at radius 3 is 2.39 bits per heavy atom. The molecule has 1 unspecified atom stereocenters. The summed E-state index contributed by atoms with van der Waals surface area (Å²) in [6, 6.07) is 0. The van der Waals surface area contributed by atoms with Crippen LogP contribution in [0.1, 0.15) is 26.7 Å². The van der Waals surface area contributed by atoms with Crippen LogP contribution in [-0.4, -0.2) is 68.8 Å². The first-order chi connectivity index (χ1) is 8.76. The fourth-order valence-electron chi connectivity index (χ4n) is 2.25. The van der Waals surface area contributed by atoms with Crippen molar-refractivity contribution in [1.82, 2.24) is 9.80 Å². The molecule has 1 aliphatic heterocycles. The van der Waals surface area contributed by atoms with Gasteiger partial charge in [-0.2, -0.15) is 0 Å². The maximum absolute atomic E-state index is 5.67. The maximum atomic E-state index is 5.67. The smallest absolute Gasteiger partial charge is 0.0593 e. The Morgan fingerprint density at radius 1 is 1.11 bits per heavy atom. The van der Waals surface area contributed by atoms with Crippen molar-refractivity contribution in [3.8, 4) is 0 Å². The van der Waals surface area contributed by atoms with E-state index in [2.05, 4.69) is 23.6 Å². The molecule has 1 rings (SSSR count). The molecule has 1 heterocycles. The summed E-state index contributed by atoms with van der Waals surface area (Å²) >= 11 is 0. The molecule has 1 aliphatic rings. The molecule has 0 amide bonds. The van der Waals surface area contributed by atoms with Crippen LogP contribution < -0.4 is 5.73 Å². The second-order valence-corrected chi connectivity index (χ2v) is 5.45. The van der Waals surface area contributed by atoms with Crippen molar-refractivity contribution in [2.24, 2.45) is 11.7 Å². The number of unbranched alkanes of at least 4 members (excludes halogenated alkanes) is 1. The van der Waals surface area contributed by atoms with Crippen molar-refractivity contribution in [2.45, 2.75) is 26.7 Å². The Balaban J connectivity index is 2.01. The zero-order chi connectivity index (χ0) is 13.2. The highest BCUT2D eigenvalue weighted by Crippen LogP contribution is 2.04. The minimum Gasteiger partial charge on any atom is -0.380 e. The van der Waals surface area contributed by atoms with Gasteiger partial charge in [-0.25, -0.2) is 0 Å². The van der Waals surface area contributed by atoms with E-state index in [1.54, 1.807) is 0 Å². The van der Waals surface area contributed by atoms with Crippen molar-refractivity contribution < 1.29 is 4.74 Å². The summed E-state index contributed by atoms with van der Waals surface area (Å²) < 4.78 is 5.61. The van der Waals surface area contributed by atoms with Gasteiger partial charge in [0.1, 0.15) is 0 Å². The molecule has 2 N–H and O–H groups in total. The van der Waals surface area contributed by atoms with E-state index in [1.165, 1.54) is 39.0 Å². The maximum Gasteiger partial charge on any atom is 0.0593 e. The number of nitrogens with zero attached hydrogens (tertiary/aromatic N) is 2. The van der Waals surface area contributed by atoms with Gasteiger partial charge in [0, 0.05) is 45.9 Å². The van der Waals surface area contributed by atoms with Gasteiger partial charge in [0.25, 0.3) is 0 Å². The average Bonchev–Trinajstić information content (AvgIpc) is 2.40. The molecule has 0 aromatic rings. The van der Waals surface area contributed by atoms with E-state index in [0.717, 1.165) is 32.8 Å². The Kier molecular flexibility index (Phi) is 8.59. The highest BCUT2D eigenvalue weighted by atomic mass is 16.5. The normalized spacial score (nSPS) is 20.2. The van der Waals surface area contributed by atoms with E-state index in [-0.39, 0.29) is 0 Å². The molecule has 0 bridgehead atoms. The standard InChI is InChI=1S/C14H31N3O/c1-3-4-10-18-11-9-16-5-7-17(8-6-16)13-14(2)12-15/h14H,3-13,15H2,1-2H3. The third-order valence-electron chi connectivity index (χ3n) is 3.63. The molecule has 1 atom stereocenters. The van der Waals surface area contributed by atoms with E-state index in [1.807, 2.05) is 0 Å². The second kappa shape index (κ2) is 9.73. The fraction of sp³-hybridized carbons (Fsp3) is 1.00. The van der Waals surface area contributed by atoms with Crippen molar-refractivity contribution in [2.75, 3.05) is 59.0 Å². The first-order valence-electron chi connectivity index (χ1n) is 7.48. The summed E-state index contributed by atoms with van der Waals surface area (Å²) in [5.41, 5.74) is 5.67. The minimum atomic E-state index is 0.619. The van der Waals surface area contributed by atoms with Crippen LogP contribution in [0.4, 0.5) is 0 Å². The molecule has 0 aromatic heterocycles. The van der Waals surface area contributed by atoms with E-state index in [9.17, 15) is 0 Å². The summed E-state index contributed by atoms with van der Waals surface area (Å²) in [4.78, 5) is 5.04. The lowest BCUT2D eigenvalue weighted by molar-refractivity contribution is 0.0709. The van der Waals surface area contributed by atoms with Crippen molar-refractivity contribution >= 4 is 0 Å². The Hall–Kier alpha value is -0.160. The molecule has 0 aliphatic carbocycles. The monoisotopic (exact) mass is 257 g/mol. The van der Waals surface area contributed by atoms with Gasteiger partial charge in [-0.15, -0.1) is 0 Å². The van der Waals surface area contributed by atoms with Crippen molar-refractivity contribution in [3.63, 3.8) is 0 Å². The fourth-order valence-corrected chi connectivity index (χ4v) is 2.25. The number of ether oxygens (including phenoxy) is 1. The molecule has 4 nitrogen and oxygen atoms in total. The van der Waals surface area contributed by atoms with Gasteiger partial charge in [-0.1, -0.05) is 20.3 Å². The highest BCUT2D eigenvalue weighted by Gasteiger charge is 2.17. The average molecular weight is 257 g/mol. The largest absolute Gasteiger partial charge is 0.380 e. The van der Waals surface area contributed by atoms with Crippen LogP contribution in [0.25, 0.3) is 0 Å². The predicted octanol–water partition coefficient (Wildman–Crippen LogP) is 1.02. The molecule has 108 valence electrons. The molecule has 18 heavy (non-hydrogen) atoms. The van der Waals surface area contributed by atoms with E-state index in [0.29, 0.717) is 5.92 Å².